The molecule has 0 bridgehead atoms. The highest BCUT2D eigenvalue weighted by Gasteiger charge is 2.23. The molecule has 1 unspecified atom stereocenters. The maximum absolute atomic E-state index is 11.8. The summed E-state index contributed by atoms with van der Waals surface area (Å²) in [6, 6.07) is 3.88. The highest BCUT2D eigenvalue weighted by Crippen LogP contribution is 2.12. The molecule has 0 aliphatic carbocycles. The van der Waals surface area contributed by atoms with E-state index in [1.807, 2.05) is 19.1 Å². The Balaban J connectivity index is 1.92. The Morgan fingerprint density at radius 2 is 2.31 bits per heavy atom. The predicted molar refractivity (Wildman–Crippen MR) is 61.8 cm³/mol. The molecule has 0 saturated carbocycles. The van der Waals surface area contributed by atoms with Gasteiger partial charge in [0.15, 0.2) is 0 Å². The number of amides is 1. The Hall–Kier alpha value is -1.42. The molecule has 1 aromatic rings. The minimum Gasteiger partial charge on any atom is -0.348 e. The van der Waals surface area contributed by atoms with E-state index >= 15 is 0 Å². The lowest BCUT2D eigenvalue weighted by molar-refractivity contribution is -0.123. The topological polar surface area (TPSA) is 54.0 Å². The molecule has 1 aliphatic heterocycles. The summed E-state index contributed by atoms with van der Waals surface area (Å²) >= 11 is 0. The van der Waals surface area contributed by atoms with Crippen molar-refractivity contribution in [3.8, 4) is 0 Å². The third kappa shape index (κ3) is 2.58. The summed E-state index contributed by atoms with van der Waals surface area (Å²) in [5.41, 5.74) is 1.08. The fraction of sp³-hybridized carbons (Fsp3) is 0.500. The molecular weight excluding hydrogens is 202 g/mol. The van der Waals surface area contributed by atoms with E-state index in [0.717, 1.165) is 24.9 Å². The molecule has 4 heteroatoms. The van der Waals surface area contributed by atoms with Gasteiger partial charge in [0.05, 0.1) is 12.1 Å². The van der Waals surface area contributed by atoms with E-state index in [-0.39, 0.29) is 18.0 Å². The largest absolute Gasteiger partial charge is 0.348 e. The normalized spacial score (nSPS) is 21.7. The first-order valence-electron chi connectivity index (χ1n) is 5.71. The average Bonchev–Trinajstić information content (AvgIpc) is 2.83. The zero-order valence-corrected chi connectivity index (χ0v) is 9.44. The monoisotopic (exact) mass is 219 g/mol. The molecule has 2 atom stereocenters. The van der Waals surface area contributed by atoms with E-state index in [1.54, 1.807) is 12.4 Å². The molecule has 16 heavy (non-hydrogen) atoms. The van der Waals surface area contributed by atoms with Gasteiger partial charge in [0, 0.05) is 12.4 Å². The fourth-order valence-corrected chi connectivity index (χ4v) is 1.96. The van der Waals surface area contributed by atoms with Gasteiger partial charge in [0.2, 0.25) is 5.91 Å². The summed E-state index contributed by atoms with van der Waals surface area (Å²) in [4.78, 5) is 15.8. The maximum Gasteiger partial charge on any atom is 0.237 e. The molecule has 4 nitrogen and oxygen atoms in total. The number of hydrogen-bond donors (Lipinski definition) is 2. The van der Waals surface area contributed by atoms with Crippen molar-refractivity contribution in [1.82, 2.24) is 15.6 Å². The number of pyridine rings is 1. The highest BCUT2D eigenvalue weighted by molar-refractivity contribution is 5.82. The number of nitrogens with zero attached hydrogens (tertiary/aromatic N) is 1. The quantitative estimate of drug-likeness (QED) is 0.797. The van der Waals surface area contributed by atoms with Crippen LogP contribution in [0.2, 0.25) is 0 Å². The van der Waals surface area contributed by atoms with E-state index < -0.39 is 0 Å². The Kier molecular flexibility index (Phi) is 3.51. The van der Waals surface area contributed by atoms with Gasteiger partial charge in [0.25, 0.3) is 0 Å². The summed E-state index contributed by atoms with van der Waals surface area (Å²) in [6.07, 6.45) is 5.51. The maximum atomic E-state index is 11.8. The van der Waals surface area contributed by atoms with Crippen molar-refractivity contribution in [3.63, 3.8) is 0 Å². The molecular formula is C12H17N3O. The van der Waals surface area contributed by atoms with Gasteiger partial charge in [-0.3, -0.25) is 9.78 Å². The summed E-state index contributed by atoms with van der Waals surface area (Å²) in [7, 11) is 0. The van der Waals surface area contributed by atoms with E-state index in [2.05, 4.69) is 15.6 Å². The van der Waals surface area contributed by atoms with Gasteiger partial charge in [-0.2, -0.15) is 0 Å². The van der Waals surface area contributed by atoms with Crippen molar-refractivity contribution < 1.29 is 4.79 Å². The molecule has 2 heterocycles. The van der Waals surface area contributed by atoms with Crippen molar-refractivity contribution in [2.24, 2.45) is 0 Å². The Labute approximate surface area is 95.5 Å². The van der Waals surface area contributed by atoms with Crippen LogP contribution in [0.25, 0.3) is 0 Å². The minimum absolute atomic E-state index is 0.00992. The Bertz CT molecular complexity index is 347. The van der Waals surface area contributed by atoms with Gasteiger partial charge in [-0.15, -0.1) is 0 Å². The molecule has 0 radical (unpaired) electrons. The zero-order chi connectivity index (χ0) is 11.4. The Morgan fingerprint density at radius 3 is 2.94 bits per heavy atom. The first-order valence-corrected chi connectivity index (χ1v) is 5.71. The second-order valence-electron chi connectivity index (χ2n) is 4.16. The van der Waals surface area contributed by atoms with Crippen LogP contribution in [0.4, 0.5) is 0 Å². The molecule has 1 aliphatic rings. The van der Waals surface area contributed by atoms with Crippen LogP contribution in [-0.2, 0) is 4.79 Å². The summed E-state index contributed by atoms with van der Waals surface area (Å²) in [6.45, 7) is 2.93. The summed E-state index contributed by atoms with van der Waals surface area (Å²) in [5.74, 6) is 0.0989. The molecule has 1 fully saturated rings. The molecule has 0 aromatic carbocycles. The number of carbonyl (C=O) groups is 1. The van der Waals surface area contributed by atoms with E-state index in [4.69, 9.17) is 0 Å². The minimum atomic E-state index is -0.00992. The van der Waals surface area contributed by atoms with Crippen LogP contribution in [0, 0.1) is 0 Å². The highest BCUT2D eigenvalue weighted by atomic mass is 16.2. The van der Waals surface area contributed by atoms with Crippen molar-refractivity contribution in [3.05, 3.63) is 30.1 Å². The van der Waals surface area contributed by atoms with Gasteiger partial charge in [0.1, 0.15) is 0 Å². The Morgan fingerprint density at radius 1 is 1.56 bits per heavy atom. The second kappa shape index (κ2) is 5.07. The summed E-state index contributed by atoms with van der Waals surface area (Å²) < 4.78 is 0. The van der Waals surface area contributed by atoms with Gasteiger partial charge in [-0.1, -0.05) is 0 Å². The smallest absolute Gasteiger partial charge is 0.237 e. The average molecular weight is 219 g/mol. The van der Waals surface area contributed by atoms with E-state index in [1.165, 1.54) is 0 Å². The molecule has 0 spiro atoms. The zero-order valence-electron chi connectivity index (χ0n) is 9.44. The molecule has 1 saturated heterocycles. The van der Waals surface area contributed by atoms with E-state index in [9.17, 15) is 4.79 Å². The van der Waals surface area contributed by atoms with Crippen LogP contribution >= 0.6 is 0 Å². The number of aromatic nitrogens is 1. The van der Waals surface area contributed by atoms with Crippen molar-refractivity contribution in [2.75, 3.05) is 6.54 Å². The van der Waals surface area contributed by atoms with Gasteiger partial charge in [-0.05, 0) is 44.0 Å². The predicted octanol–water partition coefficient (Wildman–Crippen LogP) is 1.01. The molecule has 1 amide bonds. The van der Waals surface area contributed by atoms with Crippen LogP contribution in [0.5, 0.6) is 0 Å². The van der Waals surface area contributed by atoms with Crippen LogP contribution in [-0.4, -0.2) is 23.5 Å². The van der Waals surface area contributed by atoms with Crippen molar-refractivity contribution in [2.45, 2.75) is 31.8 Å². The van der Waals surface area contributed by atoms with Crippen LogP contribution in [0.3, 0.4) is 0 Å². The first kappa shape index (κ1) is 11.1. The number of carbonyl (C=O) groups excluding carboxylic acids is 1. The third-order valence-electron chi connectivity index (χ3n) is 2.94. The van der Waals surface area contributed by atoms with Gasteiger partial charge in [-0.25, -0.2) is 0 Å². The number of hydrogen-bond acceptors (Lipinski definition) is 3. The lowest BCUT2D eigenvalue weighted by Crippen LogP contribution is -2.41. The van der Waals surface area contributed by atoms with Crippen molar-refractivity contribution in [1.29, 1.82) is 0 Å². The lowest BCUT2D eigenvalue weighted by Gasteiger charge is -2.17. The standard InChI is InChI=1S/C12H17N3O/c1-9(10-4-7-13-8-5-10)15-12(16)11-3-2-6-14-11/h4-5,7-9,11,14H,2-3,6H2,1H3,(H,15,16)/t9?,11-/m0/s1. The SMILES string of the molecule is CC(NC(=O)[C@@H]1CCCN1)c1ccncc1. The third-order valence-corrected chi connectivity index (χ3v) is 2.94. The molecule has 2 N–H and O–H groups in total. The van der Waals surface area contributed by atoms with Crippen LogP contribution in [0.1, 0.15) is 31.4 Å². The number of nitrogens with one attached hydrogen (secondary N) is 2. The molecule has 1 aromatic heterocycles. The molecule has 2 rings (SSSR count). The number of rotatable bonds is 3. The van der Waals surface area contributed by atoms with Gasteiger partial charge < -0.3 is 10.6 Å². The van der Waals surface area contributed by atoms with Crippen LogP contribution < -0.4 is 10.6 Å². The van der Waals surface area contributed by atoms with E-state index in [0.29, 0.717) is 0 Å². The van der Waals surface area contributed by atoms with Crippen LogP contribution in [0.15, 0.2) is 24.5 Å². The fourth-order valence-electron chi connectivity index (χ4n) is 1.96. The molecule has 86 valence electrons. The second-order valence-corrected chi connectivity index (χ2v) is 4.16. The summed E-state index contributed by atoms with van der Waals surface area (Å²) in [5, 5.41) is 6.20. The van der Waals surface area contributed by atoms with Gasteiger partial charge >= 0.3 is 0 Å². The lowest BCUT2D eigenvalue weighted by atomic mass is 10.1. The van der Waals surface area contributed by atoms with Crippen molar-refractivity contribution >= 4 is 5.91 Å². The first-order chi connectivity index (χ1) is 7.77.